The molecule has 0 saturated heterocycles. The van der Waals surface area contributed by atoms with Gasteiger partial charge in [-0.15, -0.1) is 0 Å². The van der Waals surface area contributed by atoms with Crippen LogP contribution in [0.4, 0.5) is 0 Å². The standard InChI is InChI=1S/C20H15NO2/c22-20(23)16-10-6-12-18-19(16)15-9-4-5-11-17(15)21(18)13-14-7-2-1-3-8-14/h1-12H,13H2,(H,22,23). The average molecular weight is 301 g/mol. The Morgan fingerprint density at radius 2 is 1.52 bits per heavy atom. The smallest absolute Gasteiger partial charge is 0.336 e. The number of carboxylic acid groups (broad SMARTS) is 1. The Kier molecular flexibility index (Phi) is 3.12. The number of rotatable bonds is 3. The van der Waals surface area contributed by atoms with Crippen LogP contribution in [0.15, 0.2) is 72.8 Å². The van der Waals surface area contributed by atoms with Gasteiger partial charge in [0.15, 0.2) is 0 Å². The molecule has 3 heteroatoms. The van der Waals surface area contributed by atoms with E-state index < -0.39 is 5.97 Å². The third-order valence-electron chi connectivity index (χ3n) is 4.21. The van der Waals surface area contributed by atoms with E-state index in [0.29, 0.717) is 12.1 Å². The van der Waals surface area contributed by atoms with E-state index in [2.05, 4.69) is 16.7 Å². The predicted octanol–water partition coefficient (Wildman–Crippen LogP) is 4.54. The van der Waals surface area contributed by atoms with Crippen molar-refractivity contribution in [2.45, 2.75) is 6.54 Å². The molecule has 112 valence electrons. The Balaban J connectivity index is 2.06. The molecule has 1 N–H and O–H groups in total. The summed E-state index contributed by atoms with van der Waals surface area (Å²) in [6, 6.07) is 23.7. The third kappa shape index (κ3) is 2.18. The summed E-state index contributed by atoms with van der Waals surface area (Å²) in [5, 5.41) is 11.3. The van der Waals surface area contributed by atoms with Crippen molar-refractivity contribution in [2.75, 3.05) is 0 Å². The molecule has 0 aliphatic rings. The molecule has 0 amide bonds. The van der Waals surface area contributed by atoms with Crippen LogP contribution in [-0.4, -0.2) is 15.6 Å². The number of carboxylic acids is 1. The van der Waals surface area contributed by atoms with Crippen molar-refractivity contribution in [1.29, 1.82) is 0 Å². The van der Waals surface area contributed by atoms with Crippen LogP contribution in [0.2, 0.25) is 0 Å². The van der Waals surface area contributed by atoms with Crippen LogP contribution in [-0.2, 0) is 6.54 Å². The monoisotopic (exact) mass is 301 g/mol. The van der Waals surface area contributed by atoms with Gasteiger partial charge in [-0.25, -0.2) is 4.79 Å². The fourth-order valence-corrected chi connectivity index (χ4v) is 3.21. The summed E-state index contributed by atoms with van der Waals surface area (Å²) in [4.78, 5) is 11.6. The Hall–Kier alpha value is -3.07. The number of benzene rings is 3. The molecule has 1 aromatic heterocycles. The normalized spacial score (nSPS) is 11.1. The van der Waals surface area contributed by atoms with Gasteiger partial charge in [0, 0.05) is 22.8 Å². The lowest BCUT2D eigenvalue weighted by Crippen LogP contribution is -2.00. The van der Waals surface area contributed by atoms with Crippen molar-refractivity contribution in [3.05, 3.63) is 83.9 Å². The van der Waals surface area contributed by atoms with E-state index in [1.165, 1.54) is 5.56 Å². The number of aromatic carboxylic acids is 1. The van der Waals surface area contributed by atoms with Gasteiger partial charge >= 0.3 is 5.97 Å². The van der Waals surface area contributed by atoms with Gasteiger partial charge in [0.2, 0.25) is 0 Å². The van der Waals surface area contributed by atoms with Crippen LogP contribution >= 0.6 is 0 Å². The second-order valence-electron chi connectivity index (χ2n) is 5.59. The van der Waals surface area contributed by atoms with Crippen LogP contribution in [0.5, 0.6) is 0 Å². The van der Waals surface area contributed by atoms with E-state index in [4.69, 9.17) is 0 Å². The molecule has 3 aromatic carbocycles. The van der Waals surface area contributed by atoms with Crippen molar-refractivity contribution in [3.63, 3.8) is 0 Å². The van der Waals surface area contributed by atoms with E-state index in [0.717, 1.165) is 21.8 Å². The summed E-state index contributed by atoms with van der Waals surface area (Å²) in [5.41, 5.74) is 3.55. The van der Waals surface area contributed by atoms with Crippen LogP contribution < -0.4 is 0 Å². The zero-order valence-corrected chi connectivity index (χ0v) is 12.4. The Morgan fingerprint density at radius 1 is 0.826 bits per heavy atom. The predicted molar refractivity (Wildman–Crippen MR) is 91.9 cm³/mol. The SMILES string of the molecule is O=C(O)c1cccc2c1c1ccccc1n2Cc1ccccc1. The quantitative estimate of drug-likeness (QED) is 0.603. The second-order valence-corrected chi connectivity index (χ2v) is 5.59. The molecule has 0 aliphatic carbocycles. The number of nitrogens with zero attached hydrogens (tertiary/aromatic N) is 1. The minimum Gasteiger partial charge on any atom is -0.478 e. The summed E-state index contributed by atoms with van der Waals surface area (Å²) in [5.74, 6) is -0.891. The molecule has 3 nitrogen and oxygen atoms in total. The molecule has 1 heterocycles. The number of para-hydroxylation sites is 1. The molecule has 0 bridgehead atoms. The molecule has 23 heavy (non-hydrogen) atoms. The van der Waals surface area contributed by atoms with Crippen LogP contribution in [0.25, 0.3) is 21.8 Å². The van der Waals surface area contributed by atoms with E-state index in [-0.39, 0.29) is 0 Å². The van der Waals surface area contributed by atoms with Gasteiger partial charge in [0.25, 0.3) is 0 Å². The maximum atomic E-state index is 11.6. The maximum absolute atomic E-state index is 11.6. The highest BCUT2D eigenvalue weighted by Gasteiger charge is 2.16. The van der Waals surface area contributed by atoms with Gasteiger partial charge in [-0.2, -0.15) is 0 Å². The van der Waals surface area contributed by atoms with E-state index >= 15 is 0 Å². The molecule has 4 rings (SSSR count). The first-order valence-corrected chi connectivity index (χ1v) is 7.53. The van der Waals surface area contributed by atoms with Crippen LogP contribution in [0, 0.1) is 0 Å². The summed E-state index contributed by atoms with van der Waals surface area (Å²) >= 11 is 0. The van der Waals surface area contributed by atoms with Crippen molar-refractivity contribution in [2.24, 2.45) is 0 Å². The lowest BCUT2D eigenvalue weighted by molar-refractivity contribution is 0.0699. The molecule has 0 unspecified atom stereocenters. The second kappa shape index (κ2) is 5.29. The first-order valence-electron chi connectivity index (χ1n) is 7.53. The van der Waals surface area contributed by atoms with E-state index in [1.54, 1.807) is 6.07 Å². The molecule has 4 aromatic rings. The molecular weight excluding hydrogens is 286 g/mol. The Labute approximate surface area is 133 Å². The zero-order chi connectivity index (χ0) is 15.8. The van der Waals surface area contributed by atoms with Gasteiger partial charge in [-0.05, 0) is 23.8 Å². The van der Waals surface area contributed by atoms with E-state index in [1.807, 2.05) is 54.6 Å². The number of fused-ring (bicyclic) bond motifs is 3. The third-order valence-corrected chi connectivity index (χ3v) is 4.21. The van der Waals surface area contributed by atoms with Gasteiger partial charge in [0.05, 0.1) is 11.1 Å². The first-order chi connectivity index (χ1) is 11.3. The summed E-state index contributed by atoms with van der Waals surface area (Å²) in [6.07, 6.45) is 0. The summed E-state index contributed by atoms with van der Waals surface area (Å²) < 4.78 is 2.19. The lowest BCUT2D eigenvalue weighted by Gasteiger charge is -2.08. The Bertz CT molecular complexity index is 1020. The van der Waals surface area contributed by atoms with Gasteiger partial charge in [0.1, 0.15) is 0 Å². The highest BCUT2D eigenvalue weighted by atomic mass is 16.4. The Morgan fingerprint density at radius 3 is 2.30 bits per heavy atom. The molecule has 0 saturated carbocycles. The average Bonchev–Trinajstić information content (AvgIpc) is 2.90. The fraction of sp³-hybridized carbons (Fsp3) is 0.0500. The van der Waals surface area contributed by atoms with Gasteiger partial charge in [-0.3, -0.25) is 0 Å². The molecule has 0 fully saturated rings. The number of aromatic nitrogens is 1. The van der Waals surface area contributed by atoms with Crippen molar-refractivity contribution >= 4 is 27.8 Å². The minimum absolute atomic E-state index is 0.352. The highest BCUT2D eigenvalue weighted by Crippen LogP contribution is 2.32. The van der Waals surface area contributed by atoms with Crippen molar-refractivity contribution in [3.8, 4) is 0 Å². The fourth-order valence-electron chi connectivity index (χ4n) is 3.21. The molecule has 0 aliphatic heterocycles. The number of hydrogen-bond donors (Lipinski definition) is 1. The minimum atomic E-state index is -0.891. The van der Waals surface area contributed by atoms with Gasteiger partial charge in [-0.1, -0.05) is 54.6 Å². The largest absolute Gasteiger partial charge is 0.478 e. The van der Waals surface area contributed by atoms with Crippen molar-refractivity contribution < 1.29 is 9.90 Å². The molecule has 0 atom stereocenters. The van der Waals surface area contributed by atoms with E-state index in [9.17, 15) is 9.90 Å². The lowest BCUT2D eigenvalue weighted by atomic mass is 10.1. The maximum Gasteiger partial charge on any atom is 0.336 e. The highest BCUT2D eigenvalue weighted by molar-refractivity contribution is 6.16. The van der Waals surface area contributed by atoms with Crippen molar-refractivity contribution in [1.82, 2.24) is 4.57 Å². The zero-order valence-electron chi connectivity index (χ0n) is 12.4. The number of hydrogen-bond acceptors (Lipinski definition) is 1. The molecule has 0 spiro atoms. The topological polar surface area (TPSA) is 42.2 Å². The number of carbonyl (C=O) groups is 1. The van der Waals surface area contributed by atoms with Crippen LogP contribution in [0.1, 0.15) is 15.9 Å². The van der Waals surface area contributed by atoms with Gasteiger partial charge < -0.3 is 9.67 Å². The van der Waals surface area contributed by atoms with Crippen LogP contribution in [0.3, 0.4) is 0 Å². The molecule has 0 radical (unpaired) electrons. The molecular formula is C20H15NO2. The summed E-state index contributed by atoms with van der Waals surface area (Å²) in [7, 11) is 0. The summed E-state index contributed by atoms with van der Waals surface area (Å²) in [6.45, 7) is 0.716. The first kappa shape index (κ1) is 13.6.